The van der Waals surface area contributed by atoms with Gasteiger partial charge in [-0.2, -0.15) is 5.10 Å². The fraction of sp³-hybridized carbons (Fsp3) is 0.467. The third-order valence-corrected chi connectivity index (χ3v) is 3.80. The van der Waals surface area contributed by atoms with Crippen molar-refractivity contribution in [1.82, 2.24) is 25.1 Å². The summed E-state index contributed by atoms with van der Waals surface area (Å²) < 4.78 is 6.85. The molecule has 0 saturated heterocycles. The molecule has 3 heterocycles. The van der Waals surface area contributed by atoms with Crippen LogP contribution in [0.2, 0.25) is 0 Å². The first kappa shape index (κ1) is 15.4. The molecular weight excluding hydrogens is 296 g/mol. The lowest BCUT2D eigenvalue weighted by atomic mass is 10.1. The van der Waals surface area contributed by atoms with Crippen LogP contribution < -0.4 is 10.2 Å². The summed E-state index contributed by atoms with van der Waals surface area (Å²) in [5.41, 5.74) is 1.05. The molecule has 2 aromatic heterocycles. The van der Waals surface area contributed by atoms with Crippen molar-refractivity contribution in [3.63, 3.8) is 0 Å². The normalized spacial score (nSPS) is 17.4. The fourth-order valence-electron chi connectivity index (χ4n) is 2.64. The maximum absolute atomic E-state index is 12.5. The monoisotopic (exact) mass is 316 g/mol. The van der Waals surface area contributed by atoms with Crippen molar-refractivity contribution >= 4 is 11.9 Å². The van der Waals surface area contributed by atoms with E-state index < -0.39 is 0 Å². The molecule has 1 aliphatic rings. The number of nitrogens with one attached hydrogen (secondary N) is 1. The average Bonchev–Trinajstić information content (AvgIpc) is 2.93. The van der Waals surface area contributed by atoms with E-state index in [2.05, 4.69) is 20.4 Å². The Morgan fingerprint density at radius 3 is 2.96 bits per heavy atom. The summed E-state index contributed by atoms with van der Waals surface area (Å²) in [5, 5.41) is 7.22. The van der Waals surface area contributed by atoms with Crippen LogP contribution in [0.3, 0.4) is 0 Å². The molecule has 2 aromatic rings. The number of rotatable bonds is 5. The van der Waals surface area contributed by atoms with Gasteiger partial charge in [-0.25, -0.2) is 9.97 Å². The molecule has 0 fully saturated rings. The number of carbonyl (C=O) groups is 1. The molecule has 122 valence electrons. The molecule has 23 heavy (non-hydrogen) atoms. The minimum Gasteiger partial charge on any atom is -0.383 e. The molecular formula is C15H20N6O2. The number of nitrogens with zero attached hydrogens (tertiary/aromatic N) is 5. The molecule has 3 rings (SSSR count). The van der Waals surface area contributed by atoms with E-state index in [1.807, 2.05) is 15.6 Å². The Kier molecular flexibility index (Phi) is 4.82. The molecule has 1 atom stereocenters. The maximum Gasteiger partial charge on any atom is 0.226 e. The smallest absolute Gasteiger partial charge is 0.226 e. The first-order valence-electron chi connectivity index (χ1n) is 7.57. The second-order valence-corrected chi connectivity index (χ2v) is 5.41. The van der Waals surface area contributed by atoms with Gasteiger partial charge < -0.3 is 15.0 Å². The highest BCUT2D eigenvalue weighted by Gasteiger charge is 2.28. The Morgan fingerprint density at radius 1 is 1.35 bits per heavy atom. The minimum absolute atomic E-state index is 0.00803. The van der Waals surface area contributed by atoms with E-state index in [-0.39, 0.29) is 11.8 Å². The summed E-state index contributed by atoms with van der Waals surface area (Å²) in [5.74, 6) is 0.389. The topological polar surface area (TPSA) is 85.2 Å². The quantitative estimate of drug-likeness (QED) is 0.786. The van der Waals surface area contributed by atoms with Crippen LogP contribution in [-0.4, -0.2) is 52.5 Å². The van der Waals surface area contributed by atoms with Crippen LogP contribution in [-0.2, 0) is 22.6 Å². The van der Waals surface area contributed by atoms with E-state index in [0.29, 0.717) is 38.7 Å². The first-order chi connectivity index (χ1) is 11.3. The van der Waals surface area contributed by atoms with E-state index in [1.165, 1.54) is 0 Å². The van der Waals surface area contributed by atoms with Crippen LogP contribution >= 0.6 is 0 Å². The molecule has 1 aliphatic heterocycles. The van der Waals surface area contributed by atoms with Crippen molar-refractivity contribution in [1.29, 1.82) is 0 Å². The highest BCUT2D eigenvalue weighted by Crippen LogP contribution is 2.19. The van der Waals surface area contributed by atoms with Gasteiger partial charge in [0.05, 0.1) is 31.3 Å². The first-order valence-corrected chi connectivity index (χ1v) is 7.57. The van der Waals surface area contributed by atoms with E-state index in [4.69, 9.17) is 4.74 Å². The fourth-order valence-corrected chi connectivity index (χ4v) is 2.64. The Hall–Kier alpha value is -2.48. The molecule has 0 bridgehead atoms. The zero-order valence-electron chi connectivity index (χ0n) is 13.1. The third-order valence-electron chi connectivity index (χ3n) is 3.80. The number of methoxy groups -OCH3 is 1. The van der Waals surface area contributed by atoms with E-state index in [1.54, 1.807) is 31.8 Å². The molecule has 0 spiro atoms. The molecule has 0 saturated carbocycles. The molecule has 0 radical (unpaired) electrons. The summed E-state index contributed by atoms with van der Waals surface area (Å²) in [6.45, 7) is 2.72. The number of amides is 1. The van der Waals surface area contributed by atoms with Crippen LogP contribution in [0.4, 0.5) is 5.95 Å². The van der Waals surface area contributed by atoms with Crippen molar-refractivity contribution in [2.24, 2.45) is 5.92 Å². The molecule has 1 amide bonds. The number of ether oxygens (including phenoxy) is 1. The highest BCUT2D eigenvalue weighted by molar-refractivity contribution is 5.79. The van der Waals surface area contributed by atoms with E-state index in [0.717, 1.165) is 5.69 Å². The molecule has 8 heteroatoms. The summed E-state index contributed by atoms with van der Waals surface area (Å²) in [6, 6.07) is 3.74. The third kappa shape index (κ3) is 3.65. The average molecular weight is 316 g/mol. The minimum atomic E-state index is -0.225. The lowest BCUT2D eigenvalue weighted by Gasteiger charge is -2.23. The van der Waals surface area contributed by atoms with Gasteiger partial charge in [0.25, 0.3) is 0 Å². The molecule has 0 unspecified atom stereocenters. The van der Waals surface area contributed by atoms with Gasteiger partial charge in [-0.05, 0) is 12.1 Å². The van der Waals surface area contributed by atoms with Gasteiger partial charge in [0.15, 0.2) is 0 Å². The van der Waals surface area contributed by atoms with Crippen molar-refractivity contribution in [2.45, 2.75) is 13.1 Å². The Bertz CT molecular complexity index is 644. The van der Waals surface area contributed by atoms with Gasteiger partial charge in [0.2, 0.25) is 11.9 Å². The molecule has 1 N–H and O–H groups in total. The number of aromatic nitrogens is 4. The van der Waals surface area contributed by atoms with Gasteiger partial charge in [-0.1, -0.05) is 0 Å². The second kappa shape index (κ2) is 7.19. The maximum atomic E-state index is 12.5. The van der Waals surface area contributed by atoms with Gasteiger partial charge in [0.1, 0.15) is 0 Å². The lowest BCUT2D eigenvalue weighted by Crippen LogP contribution is -2.40. The second-order valence-electron chi connectivity index (χ2n) is 5.41. The lowest BCUT2D eigenvalue weighted by molar-refractivity contribution is -0.125. The predicted molar refractivity (Wildman–Crippen MR) is 83.7 cm³/mol. The zero-order valence-corrected chi connectivity index (χ0v) is 13.1. The van der Waals surface area contributed by atoms with Gasteiger partial charge >= 0.3 is 0 Å². The van der Waals surface area contributed by atoms with Crippen molar-refractivity contribution in [2.75, 3.05) is 31.7 Å². The van der Waals surface area contributed by atoms with Crippen LogP contribution in [0.25, 0.3) is 0 Å². The van der Waals surface area contributed by atoms with Crippen LogP contribution in [0.1, 0.15) is 5.69 Å². The number of hydrogen-bond donors (Lipinski definition) is 1. The van der Waals surface area contributed by atoms with E-state index >= 15 is 0 Å². The standard InChI is InChI=1S/C15H20N6O2/c1-23-8-7-16-14(22)12-9-20(15-17-4-2-5-18-15)11-13-3-6-19-21(13)10-12/h2-6,12H,7-11H2,1H3,(H,16,22)/t12-/m0/s1. The largest absolute Gasteiger partial charge is 0.383 e. The number of anilines is 1. The predicted octanol–water partition coefficient (Wildman–Crippen LogP) is 0.0721. The Labute approximate surface area is 134 Å². The van der Waals surface area contributed by atoms with Gasteiger partial charge in [0, 0.05) is 38.8 Å². The van der Waals surface area contributed by atoms with Gasteiger partial charge in [-0.15, -0.1) is 0 Å². The summed E-state index contributed by atoms with van der Waals surface area (Å²) in [6.07, 6.45) is 5.17. The van der Waals surface area contributed by atoms with Crippen molar-refractivity contribution in [3.8, 4) is 0 Å². The van der Waals surface area contributed by atoms with Gasteiger partial charge in [-0.3, -0.25) is 9.48 Å². The number of hydrogen-bond acceptors (Lipinski definition) is 6. The van der Waals surface area contributed by atoms with Crippen LogP contribution in [0.15, 0.2) is 30.7 Å². The SMILES string of the molecule is COCCNC(=O)[C@H]1CN(c2ncccn2)Cc2ccnn2C1. The summed E-state index contributed by atoms with van der Waals surface area (Å²) in [7, 11) is 1.61. The van der Waals surface area contributed by atoms with Crippen LogP contribution in [0, 0.1) is 5.92 Å². The number of fused-ring (bicyclic) bond motifs is 1. The van der Waals surface area contributed by atoms with Crippen molar-refractivity contribution < 1.29 is 9.53 Å². The van der Waals surface area contributed by atoms with Crippen LogP contribution in [0.5, 0.6) is 0 Å². The van der Waals surface area contributed by atoms with Crippen molar-refractivity contribution in [3.05, 3.63) is 36.4 Å². The highest BCUT2D eigenvalue weighted by atomic mass is 16.5. The number of carbonyl (C=O) groups excluding carboxylic acids is 1. The molecule has 0 aliphatic carbocycles. The Balaban J connectivity index is 1.79. The zero-order chi connectivity index (χ0) is 16.1. The summed E-state index contributed by atoms with van der Waals surface area (Å²) in [4.78, 5) is 23.1. The van der Waals surface area contributed by atoms with E-state index in [9.17, 15) is 4.79 Å². The molecule has 0 aromatic carbocycles. The Morgan fingerprint density at radius 2 is 2.17 bits per heavy atom. The summed E-state index contributed by atoms with van der Waals surface area (Å²) >= 11 is 0. The molecule has 8 nitrogen and oxygen atoms in total.